The van der Waals surface area contributed by atoms with Crippen molar-refractivity contribution >= 4 is 0 Å². The molecule has 0 spiro atoms. The van der Waals surface area contributed by atoms with Crippen LogP contribution in [0.25, 0.3) is 0 Å². The number of nitrogens with one attached hydrogen (secondary N) is 1. The third kappa shape index (κ3) is 2.38. The van der Waals surface area contributed by atoms with E-state index in [1.165, 1.54) is 39.0 Å². The largest absolute Gasteiger partial charge is 0.314 e. The summed E-state index contributed by atoms with van der Waals surface area (Å²) in [6, 6.07) is 0. The molecule has 2 rings (SSSR count). The fourth-order valence-electron chi connectivity index (χ4n) is 3.27. The summed E-state index contributed by atoms with van der Waals surface area (Å²) < 4.78 is 0. The van der Waals surface area contributed by atoms with Crippen LogP contribution in [0.4, 0.5) is 0 Å². The zero-order valence-corrected chi connectivity index (χ0v) is 12.1. The highest BCUT2D eigenvalue weighted by Gasteiger charge is 2.46. The SMILES string of the molecule is CC(C)(N1CCCC1)C(C)(C)N1CCNCC1. The van der Waals surface area contributed by atoms with Gasteiger partial charge in [0.15, 0.2) is 0 Å². The minimum atomic E-state index is 0.249. The second kappa shape index (κ2) is 4.87. The van der Waals surface area contributed by atoms with E-state index in [4.69, 9.17) is 0 Å². The second-order valence-corrected chi connectivity index (χ2v) is 6.55. The average Bonchev–Trinajstić information content (AvgIpc) is 2.84. The highest BCUT2D eigenvalue weighted by molar-refractivity contribution is 5.04. The number of piperazine rings is 1. The summed E-state index contributed by atoms with van der Waals surface area (Å²) in [4.78, 5) is 5.36. The van der Waals surface area contributed by atoms with E-state index in [0.717, 1.165) is 13.1 Å². The molecule has 3 heteroatoms. The van der Waals surface area contributed by atoms with E-state index in [1.54, 1.807) is 0 Å². The maximum absolute atomic E-state index is 3.45. The van der Waals surface area contributed by atoms with Gasteiger partial charge in [0, 0.05) is 37.3 Å². The van der Waals surface area contributed by atoms with Crippen LogP contribution in [0, 0.1) is 0 Å². The van der Waals surface area contributed by atoms with Crippen LogP contribution >= 0.6 is 0 Å². The molecule has 3 nitrogen and oxygen atoms in total. The maximum Gasteiger partial charge on any atom is 0.0332 e. The molecule has 0 bridgehead atoms. The zero-order chi connectivity index (χ0) is 12.5. The van der Waals surface area contributed by atoms with Crippen molar-refractivity contribution in [2.45, 2.75) is 51.6 Å². The van der Waals surface area contributed by atoms with Crippen LogP contribution < -0.4 is 5.32 Å². The van der Waals surface area contributed by atoms with Gasteiger partial charge in [0.25, 0.3) is 0 Å². The molecule has 2 fully saturated rings. The summed E-state index contributed by atoms with van der Waals surface area (Å²) in [7, 11) is 0. The van der Waals surface area contributed by atoms with Crippen molar-refractivity contribution in [3.8, 4) is 0 Å². The lowest BCUT2D eigenvalue weighted by molar-refractivity contribution is -0.0313. The van der Waals surface area contributed by atoms with E-state index in [9.17, 15) is 0 Å². The lowest BCUT2D eigenvalue weighted by Gasteiger charge is -2.54. The first-order valence-corrected chi connectivity index (χ1v) is 7.17. The Hall–Kier alpha value is -0.120. The molecule has 0 aromatic rings. The van der Waals surface area contributed by atoms with Crippen LogP contribution in [-0.2, 0) is 0 Å². The van der Waals surface area contributed by atoms with Crippen molar-refractivity contribution in [2.75, 3.05) is 39.3 Å². The fraction of sp³-hybridized carbons (Fsp3) is 1.00. The molecule has 100 valence electrons. The van der Waals surface area contributed by atoms with E-state index < -0.39 is 0 Å². The predicted octanol–water partition coefficient (Wildman–Crippen LogP) is 1.54. The third-order valence-corrected chi connectivity index (χ3v) is 5.30. The van der Waals surface area contributed by atoms with E-state index >= 15 is 0 Å². The van der Waals surface area contributed by atoms with Crippen LogP contribution in [0.1, 0.15) is 40.5 Å². The zero-order valence-electron chi connectivity index (χ0n) is 12.1. The fourth-order valence-corrected chi connectivity index (χ4v) is 3.27. The third-order valence-electron chi connectivity index (χ3n) is 5.30. The normalized spacial score (nSPS) is 25.4. The molecule has 0 radical (unpaired) electrons. The Kier molecular flexibility index (Phi) is 3.81. The number of hydrogen-bond acceptors (Lipinski definition) is 3. The van der Waals surface area contributed by atoms with Gasteiger partial charge in [0.1, 0.15) is 0 Å². The molecule has 0 aromatic carbocycles. The van der Waals surface area contributed by atoms with Gasteiger partial charge in [-0.05, 0) is 53.6 Å². The molecule has 0 atom stereocenters. The van der Waals surface area contributed by atoms with Gasteiger partial charge in [0.05, 0.1) is 0 Å². The van der Waals surface area contributed by atoms with E-state index in [2.05, 4.69) is 42.8 Å². The van der Waals surface area contributed by atoms with Gasteiger partial charge in [0.2, 0.25) is 0 Å². The van der Waals surface area contributed by atoms with Crippen LogP contribution in [0.5, 0.6) is 0 Å². The summed E-state index contributed by atoms with van der Waals surface area (Å²) >= 11 is 0. The summed E-state index contributed by atoms with van der Waals surface area (Å²) in [6.45, 7) is 16.9. The van der Waals surface area contributed by atoms with Crippen molar-refractivity contribution in [1.29, 1.82) is 0 Å². The van der Waals surface area contributed by atoms with Gasteiger partial charge < -0.3 is 5.32 Å². The maximum atomic E-state index is 3.45. The Labute approximate surface area is 107 Å². The minimum Gasteiger partial charge on any atom is -0.314 e. The minimum absolute atomic E-state index is 0.249. The quantitative estimate of drug-likeness (QED) is 0.806. The smallest absolute Gasteiger partial charge is 0.0332 e. The number of likely N-dealkylation sites (tertiary alicyclic amines) is 1. The van der Waals surface area contributed by atoms with Crippen LogP contribution in [0.2, 0.25) is 0 Å². The van der Waals surface area contributed by atoms with Crippen molar-refractivity contribution in [2.24, 2.45) is 0 Å². The van der Waals surface area contributed by atoms with Gasteiger partial charge in [-0.25, -0.2) is 0 Å². The molecule has 17 heavy (non-hydrogen) atoms. The van der Waals surface area contributed by atoms with E-state index in [0.29, 0.717) is 0 Å². The lowest BCUT2D eigenvalue weighted by Crippen LogP contribution is -2.67. The number of hydrogen-bond donors (Lipinski definition) is 1. The summed E-state index contributed by atoms with van der Waals surface area (Å²) in [5.41, 5.74) is 0.514. The van der Waals surface area contributed by atoms with Crippen LogP contribution in [0.15, 0.2) is 0 Å². The van der Waals surface area contributed by atoms with Crippen LogP contribution in [0.3, 0.4) is 0 Å². The first-order valence-electron chi connectivity index (χ1n) is 7.17. The first-order chi connectivity index (χ1) is 7.96. The molecule has 0 saturated carbocycles. The standard InChI is InChI=1S/C14H29N3/c1-13(2,16-9-5-6-10-16)14(3,4)17-11-7-15-8-12-17/h15H,5-12H2,1-4H3. The van der Waals surface area contributed by atoms with Gasteiger partial charge in [-0.1, -0.05) is 0 Å². The highest BCUT2D eigenvalue weighted by Crippen LogP contribution is 2.35. The van der Waals surface area contributed by atoms with Gasteiger partial charge in [-0.3, -0.25) is 9.80 Å². The Morgan fingerprint density at radius 3 is 1.59 bits per heavy atom. The molecule has 0 aromatic heterocycles. The number of nitrogens with zero attached hydrogens (tertiary/aromatic N) is 2. The highest BCUT2D eigenvalue weighted by atomic mass is 15.3. The van der Waals surface area contributed by atoms with Crippen LogP contribution in [-0.4, -0.2) is 60.1 Å². The average molecular weight is 239 g/mol. The summed E-state index contributed by atoms with van der Waals surface area (Å²) in [6.07, 6.45) is 2.75. The summed E-state index contributed by atoms with van der Waals surface area (Å²) in [5.74, 6) is 0. The van der Waals surface area contributed by atoms with Gasteiger partial charge in [-0.15, -0.1) is 0 Å². The second-order valence-electron chi connectivity index (χ2n) is 6.55. The topological polar surface area (TPSA) is 18.5 Å². The Morgan fingerprint density at radius 2 is 1.12 bits per heavy atom. The van der Waals surface area contributed by atoms with Crippen molar-refractivity contribution in [3.63, 3.8) is 0 Å². The van der Waals surface area contributed by atoms with Crippen molar-refractivity contribution in [1.82, 2.24) is 15.1 Å². The Bertz CT molecular complexity index is 248. The molecule has 0 aliphatic carbocycles. The molecule has 1 N–H and O–H groups in total. The monoisotopic (exact) mass is 239 g/mol. The predicted molar refractivity (Wildman–Crippen MR) is 73.4 cm³/mol. The van der Waals surface area contributed by atoms with Crippen molar-refractivity contribution in [3.05, 3.63) is 0 Å². The molecule has 2 saturated heterocycles. The molecule has 2 heterocycles. The molecular weight excluding hydrogens is 210 g/mol. The first kappa shape index (κ1) is 13.3. The molecule has 2 aliphatic heterocycles. The molecule has 2 aliphatic rings. The number of rotatable bonds is 3. The summed E-state index contributed by atoms with van der Waals surface area (Å²) in [5, 5.41) is 3.45. The Balaban J connectivity index is 2.10. The molecule has 0 unspecified atom stereocenters. The Morgan fingerprint density at radius 1 is 0.706 bits per heavy atom. The van der Waals surface area contributed by atoms with Gasteiger partial charge >= 0.3 is 0 Å². The molecular formula is C14H29N3. The lowest BCUT2D eigenvalue weighted by atomic mass is 9.79. The van der Waals surface area contributed by atoms with E-state index in [1.807, 2.05) is 0 Å². The van der Waals surface area contributed by atoms with Gasteiger partial charge in [-0.2, -0.15) is 0 Å². The van der Waals surface area contributed by atoms with E-state index in [-0.39, 0.29) is 11.1 Å². The molecule has 0 amide bonds. The van der Waals surface area contributed by atoms with Crippen molar-refractivity contribution < 1.29 is 0 Å².